The van der Waals surface area contributed by atoms with Crippen LogP contribution in [0.3, 0.4) is 0 Å². The molecule has 1 heterocycles. The van der Waals surface area contributed by atoms with E-state index < -0.39 is 0 Å². The number of nitrogens with two attached hydrogens (primary N) is 1. The number of rotatable bonds is 2. The van der Waals surface area contributed by atoms with Crippen molar-refractivity contribution in [2.75, 3.05) is 5.73 Å². The highest BCUT2D eigenvalue weighted by Gasteiger charge is 2.09. The van der Waals surface area contributed by atoms with Crippen molar-refractivity contribution in [3.8, 4) is 0 Å². The molecule has 2 rings (SSSR count). The first kappa shape index (κ1) is 9.81. The second-order valence-corrected chi connectivity index (χ2v) is 4.46. The number of fused-ring (bicyclic) bond motifs is 1. The van der Waals surface area contributed by atoms with Gasteiger partial charge in [-0.15, -0.1) is 22.9 Å². The Balaban J connectivity index is 2.80. The Morgan fingerprint density at radius 3 is 2.93 bits per heavy atom. The van der Waals surface area contributed by atoms with Gasteiger partial charge in [0, 0.05) is 16.3 Å². The van der Waals surface area contributed by atoms with Crippen LogP contribution in [0.5, 0.6) is 0 Å². The van der Waals surface area contributed by atoms with Crippen LogP contribution in [0.2, 0.25) is 0 Å². The first-order valence-electron chi connectivity index (χ1n) is 4.61. The van der Waals surface area contributed by atoms with Crippen LogP contribution in [0.25, 0.3) is 10.1 Å². The van der Waals surface area contributed by atoms with E-state index in [9.17, 15) is 0 Å². The normalized spacial score (nSPS) is 11.0. The SMILES string of the molecule is CCc1c(N)c(CCl)cc2sccc12. The van der Waals surface area contributed by atoms with Crippen molar-refractivity contribution in [3.05, 3.63) is 28.6 Å². The number of nitrogen functional groups attached to an aromatic ring is 1. The van der Waals surface area contributed by atoms with Gasteiger partial charge in [0.2, 0.25) is 0 Å². The van der Waals surface area contributed by atoms with Crippen LogP contribution < -0.4 is 5.73 Å². The Labute approximate surface area is 92.5 Å². The van der Waals surface area contributed by atoms with Crippen LogP contribution >= 0.6 is 22.9 Å². The monoisotopic (exact) mass is 225 g/mol. The van der Waals surface area contributed by atoms with E-state index in [2.05, 4.69) is 24.4 Å². The van der Waals surface area contributed by atoms with Crippen LogP contribution in [0.4, 0.5) is 5.69 Å². The van der Waals surface area contributed by atoms with Gasteiger partial charge in [-0.05, 0) is 40.4 Å². The number of halogens is 1. The second kappa shape index (κ2) is 3.79. The lowest BCUT2D eigenvalue weighted by Gasteiger charge is -2.09. The second-order valence-electron chi connectivity index (χ2n) is 3.25. The van der Waals surface area contributed by atoms with Crippen molar-refractivity contribution in [1.29, 1.82) is 0 Å². The van der Waals surface area contributed by atoms with Gasteiger partial charge in [-0.25, -0.2) is 0 Å². The van der Waals surface area contributed by atoms with Crippen molar-refractivity contribution < 1.29 is 0 Å². The molecule has 1 aromatic heterocycles. The summed E-state index contributed by atoms with van der Waals surface area (Å²) in [5.74, 6) is 0.493. The zero-order chi connectivity index (χ0) is 10.1. The molecule has 0 saturated carbocycles. The fraction of sp³-hybridized carbons (Fsp3) is 0.273. The number of alkyl halides is 1. The highest BCUT2D eigenvalue weighted by atomic mass is 35.5. The lowest BCUT2D eigenvalue weighted by atomic mass is 10.0. The van der Waals surface area contributed by atoms with Crippen molar-refractivity contribution in [1.82, 2.24) is 0 Å². The third kappa shape index (κ3) is 1.39. The van der Waals surface area contributed by atoms with E-state index in [1.54, 1.807) is 11.3 Å². The average Bonchev–Trinajstić information content (AvgIpc) is 2.64. The molecule has 2 aromatic rings. The Kier molecular flexibility index (Phi) is 2.66. The Morgan fingerprint density at radius 2 is 2.29 bits per heavy atom. The molecule has 0 aliphatic heterocycles. The molecule has 0 unspecified atom stereocenters. The van der Waals surface area contributed by atoms with Gasteiger partial charge in [-0.3, -0.25) is 0 Å². The van der Waals surface area contributed by atoms with Crippen LogP contribution in [0.15, 0.2) is 17.5 Å². The minimum atomic E-state index is 0.493. The van der Waals surface area contributed by atoms with Gasteiger partial charge in [0.1, 0.15) is 0 Å². The van der Waals surface area contributed by atoms with Gasteiger partial charge in [-0.2, -0.15) is 0 Å². The quantitative estimate of drug-likeness (QED) is 0.611. The van der Waals surface area contributed by atoms with E-state index in [1.807, 2.05) is 0 Å². The molecule has 0 aliphatic carbocycles. The molecule has 74 valence electrons. The molecule has 0 amide bonds. The Hall–Kier alpha value is -0.730. The largest absolute Gasteiger partial charge is 0.398 e. The number of aryl methyl sites for hydroxylation is 1. The fourth-order valence-corrected chi connectivity index (χ4v) is 2.85. The molecule has 0 aliphatic rings. The van der Waals surface area contributed by atoms with E-state index in [1.165, 1.54) is 15.6 Å². The topological polar surface area (TPSA) is 26.0 Å². The molecule has 0 radical (unpaired) electrons. The predicted molar refractivity (Wildman–Crippen MR) is 65.2 cm³/mol. The van der Waals surface area contributed by atoms with E-state index in [0.29, 0.717) is 5.88 Å². The van der Waals surface area contributed by atoms with Gasteiger partial charge < -0.3 is 5.73 Å². The van der Waals surface area contributed by atoms with Crippen molar-refractivity contribution in [2.24, 2.45) is 0 Å². The molecule has 0 spiro atoms. The first-order valence-corrected chi connectivity index (χ1v) is 6.02. The molecule has 0 atom stereocenters. The van der Waals surface area contributed by atoms with E-state index in [4.69, 9.17) is 17.3 Å². The van der Waals surface area contributed by atoms with Crippen molar-refractivity contribution in [2.45, 2.75) is 19.2 Å². The third-order valence-corrected chi connectivity index (χ3v) is 3.65. The average molecular weight is 226 g/mol. The standard InChI is InChI=1S/C11H12ClNS/c1-2-8-9-3-4-14-10(9)5-7(6-12)11(8)13/h3-5H,2,6,13H2,1H3. The van der Waals surface area contributed by atoms with Gasteiger partial charge in [0.05, 0.1) is 0 Å². The van der Waals surface area contributed by atoms with Crippen LogP contribution in [0.1, 0.15) is 18.1 Å². The van der Waals surface area contributed by atoms with Crippen molar-refractivity contribution in [3.63, 3.8) is 0 Å². The highest BCUT2D eigenvalue weighted by molar-refractivity contribution is 7.17. The van der Waals surface area contributed by atoms with Crippen molar-refractivity contribution >= 4 is 38.7 Å². The van der Waals surface area contributed by atoms with E-state index >= 15 is 0 Å². The van der Waals surface area contributed by atoms with Crippen LogP contribution in [-0.4, -0.2) is 0 Å². The molecule has 1 nitrogen and oxygen atoms in total. The van der Waals surface area contributed by atoms with Gasteiger partial charge >= 0.3 is 0 Å². The minimum Gasteiger partial charge on any atom is -0.398 e. The van der Waals surface area contributed by atoms with E-state index in [0.717, 1.165) is 17.7 Å². The lowest BCUT2D eigenvalue weighted by molar-refractivity contribution is 1.16. The molecule has 0 fully saturated rings. The first-order chi connectivity index (χ1) is 6.77. The molecular formula is C11H12ClNS. The number of hydrogen-bond donors (Lipinski definition) is 1. The molecule has 2 N–H and O–H groups in total. The summed E-state index contributed by atoms with van der Waals surface area (Å²) in [6.07, 6.45) is 0.962. The summed E-state index contributed by atoms with van der Waals surface area (Å²) in [7, 11) is 0. The lowest BCUT2D eigenvalue weighted by Crippen LogP contribution is -1.98. The Bertz CT molecular complexity index is 462. The smallest absolute Gasteiger partial charge is 0.0495 e. The maximum Gasteiger partial charge on any atom is 0.0495 e. The summed E-state index contributed by atoms with van der Waals surface area (Å²) in [4.78, 5) is 0. The maximum atomic E-state index is 6.05. The van der Waals surface area contributed by atoms with Crippen LogP contribution in [-0.2, 0) is 12.3 Å². The Morgan fingerprint density at radius 1 is 1.50 bits per heavy atom. The molecule has 3 heteroatoms. The molecular weight excluding hydrogens is 214 g/mol. The summed E-state index contributed by atoms with van der Waals surface area (Å²) >= 11 is 7.59. The third-order valence-electron chi connectivity index (χ3n) is 2.49. The number of hydrogen-bond acceptors (Lipinski definition) is 2. The van der Waals surface area contributed by atoms with E-state index in [-0.39, 0.29) is 0 Å². The number of thiophene rings is 1. The molecule has 1 aromatic carbocycles. The highest BCUT2D eigenvalue weighted by Crippen LogP contribution is 2.32. The van der Waals surface area contributed by atoms with Crippen LogP contribution in [0, 0.1) is 0 Å². The summed E-state index contributed by atoms with van der Waals surface area (Å²) < 4.78 is 1.28. The van der Waals surface area contributed by atoms with Gasteiger partial charge in [-0.1, -0.05) is 6.92 Å². The zero-order valence-electron chi connectivity index (χ0n) is 8.01. The maximum absolute atomic E-state index is 6.05. The number of benzene rings is 1. The summed E-state index contributed by atoms with van der Waals surface area (Å²) in [6, 6.07) is 4.23. The van der Waals surface area contributed by atoms with Gasteiger partial charge in [0.15, 0.2) is 0 Å². The molecule has 0 bridgehead atoms. The van der Waals surface area contributed by atoms with Gasteiger partial charge in [0.25, 0.3) is 0 Å². The summed E-state index contributed by atoms with van der Waals surface area (Å²) in [5.41, 5.74) is 9.21. The zero-order valence-corrected chi connectivity index (χ0v) is 9.58. The minimum absolute atomic E-state index is 0.493. The predicted octanol–water partition coefficient (Wildman–Crippen LogP) is 3.78. The summed E-state index contributed by atoms with van der Waals surface area (Å²) in [5, 5.41) is 3.38. The fourth-order valence-electron chi connectivity index (χ4n) is 1.75. The molecule has 14 heavy (non-hydrogen) atoms. The number of anilines is 1. The molecule has 0 saturated heterocycles. The summed E-state index contributed by atoms with van der Waals surface area (Å²) in [6.45, 7) is 2.13.